The van der Waals surface area contributed by atoms with Crippen molar-refractivity contribution in [3.8, 4) is 0 Å². The minimum atomic E-state index is -0.918. The molecule has 1 rings (SSSR count). The maximum Gasteiger partial charge on any atom is 0.303 e. The number of aromatic nitrogens is 1. The summed E-state index contributed by atoms with van der Waals surface area (Å²) < 4.78 is 12.8. The summed E-state index contributed by atoms with van der Waals surface area (Å²) in [5.41, 5.74) is 0.118. The number of hydrogen-bond acceptors (Lipinski definition) is 3. The largest absolute Gasteiger partial charge is 0.481 e. The summed E-state index contributed by atoms with van der Waals surface area (Å²) in [5.74, 6) is -1.97. The van der Waals surface area contributed by atoms with Gasteiger partial charge in [0.2, 0.25) is 0 Å². The van der Waals surface area contributed by atoms with Gasteiger partial charge in [-0.25, -0.2) is 4.39 Å². The van der Waals surface area contributed by atoms with Gasteiger partial charge in [-0.2, -0.15) is 0 Å². The number of pyridine rings is 1. The van der Waals surface area contributed by atoms with Crippen LogP contribution >= 0.6 is 0 Å². The van der Waals surface area contributed by atoms with Gasteiger partial charge < -0.3 is 10.4 Å². The number of carboxylic acids is 1. The Bertz CT molecular complexity index is 423. The smallest absolute Gasteiger partial charge is 0.303 e. The molecule has 0 aliphatic rings. The Morgan fingerprint density at radius 2 is 2.24 bits per heavy atom. The molecule has 17 heavy (non-hydrogen) atoms. The first-order valence-electron chi connectivity index (χ1n) is 5.12. The minimum Gasteiger partial charge on any atom is -0.481 e. The first-order chi connectivity index (χ1) is 7.99. The first-order valence-corrected chi connectivity index (χ1v) is 5.12. The Morgan fingerprint density at radius 1 is 1.53 bits per heavy atom. The van der Waals surface area contributed by atoms with Crippen molar-refractivity contribution in [3.63, 3.8) is 0 Å². The third-order valence-electron chi connectivity index (χ3n) is 2.14. The van der Waals surface area contributed by atoms with Gasteiger partial charge in [0.05, 0.1) is 11.8 Å². The van der Waals surface area contributed by atoms with Crippen molar-refractivity contribution in [2.45, 2.75) is 25.8 Å². The molecule has 1 aromatic heterocycles. The Hall–Kier alpha value is -1.98. The molecule has 1 unspecified atom stereocenters. The van der Waals surface area contributed by atoms with Crippen LogP contribution in [0.3, 0.4) is 0 Å². The molecule has 0 aliphatic heterocycles. The van der Waals surface area contributed by atoms with Crippen LogP contribution in [0.1, 0.15) is 30.1 Å². The van der Waals surface area contributed by atoms with Crippen LogP contribution in [0.5, 0.6) is 0 Å². The fraction of sp³-hybridized carbons (Fsp3) is 0.364. The summed E-state index contributed by atoms with van der Waals surface area (Å²) in [4.78, 5) is 25.5. The number of amides is 1. The zero-order valence-electron chi connectivity index (χ0n) is 9.31. The number of carbonyl (C=O) groups excluding carboxylic acids is 1. The summed E-state index contributed by atoms with van der Waals surface area (Å²) in [6, 6.07) is 0.786. The van der Waals surface area contributed by atoms with Gasteiger partial charge >= 0.3 is 5.97 Å². The lowest BCUT2D eigenvalue weighted by atomic mass is 10.1. The molecule has 0 aliphatic carbocycles. The molecule has 0 saturated carbocycles. The van der Waals surface area contributed by atoms with Crippen molar-refractivity contribution >= 4 is 11.9 Å². The van der Waals surface area contributed by atoms with Crippen LogP contribution in [0.2, 0.25) is 0 Å². The van der Waals surface area contributed by atoms with Crippen LogP contribution in [0.4, 0.5) is 4.39 Å². The molecule has 1 atom stereocenters. The summed E-state index contributed by atoms with van der Waals surface area (Å²) in [6.07, 6.45) is 2.56. The van der Waals surface area contributed by atoms with Gasteiger partial charge in [-0.1, -0.05) is 0 Å². The lowest BCUT2D eigenvalue weighted by Crippen LogP contribution is -2.33. The van der Waals surface area contributed by atoms with Gasteiger partial charge in [0.1, 0.15) is 5.82 Å². The van der Waals surface area contributed by atoms with E-state index < -0.39 is 17.7 Å². The molecule has 1 amide bonds. The monoisotopic (exact) mass is 240 g/mol. The highest BCUT2D eigenvalue weighted by Gasteiger charge is 2.11. The van der Waals surface area contributed by atoms with E-state index in [9.17, 15) is 14.0 Å². The van der Waals surface area contributed by atoms with E-state index in [1.54, 1.807) is 6.92 Å². The van der Waals surface area contributed by atoms with E-state index >= 15 is 0 Å². The molecule has 2 N–H and O–H groups in total. The van der Waals surface area contributed by atoms with Crippen LogP contribution in [0, 0.1) is 5.82 Å². The minimum absolute atomic E-state index is 0.0250. The standard InChI is InChI=1S/C11H13FN2O3/c1-7(2-3-10(15)16)14-11(17)8-4-9(12)6-13-5-8/h4-7H,2-3H2,1H3,(H,14,17)(H,15,16). The lowest BCUT2D eigenvalue weighted by molar-refractivity contribution is -0.137. The Balaban J connectivity index is 2.51. The van der Waals surface area contributed by atoms with Gasteiger partial charge in [-0.05, 0) is 19.4 Å². The molecule has 0 bridgehead atoms. The van der Waals surface area contributed by atoms with Crippen LogP contribution in [-0.4, -0.2) is 28.0 Å². The number of rotatable bonds is 5. The summed E-state index contributed by atoms with van der Waals surface area (Å²) in [6.45, 7) is 1.69. The maximum absolute atomic E-state index is 12.8. The third kappa shape index (κ3) is 4.58. The van der Waals surface area contributed by atoms with E-state index in [2.05, 4.69) is 10.3 Å². The zero-order chi connectivity index (χ0) is 12.8. The second-order valence-corrected chi connectivity index (χ2v) is 3.70. The number of halogens is 1. The van der Waals surface area contributed by atoms with Crippen molar-refractivity contribution in [1.29, 1.82) is 0 Å². The molecule has 92 valence electrons. The molecular formula is C11H13FN2O3. The van der Waals surface area contributed by atoms with Gasteiger partial charge in [0, 0.05) is 18.7 Å². The quantitative estimate of drug-likeness (QED) is 0.810. The van der Waals surface area contributed by atoms with E-state index in [0.717, 1.165) is 12.3 Å². The topological polar surface area (TPSA) is 79.3 Å². The molecule has 0 fully saturated rings. The summed E-state index contributed by atoms with van der Waals surface area (Å²) in [5, 5.41) is 11.0. The second kappa shape index (κ2) is 5.93. The fourth-order valence-corrected chi connectivity index (χ4v) is 1.26. The van der Waals surface area contributed by atoms with Crippen LogP contribution in [0.15, 0.2) is 18.5 Å². The Labute approximate surface area is 97.7 Å². The van der Waals surface area contributed by atoms with Crippen LogP contribution in [0.25, 0.3) is 0 Å². The SMILES string of the molecule is CC(CCC(=O)O)NC(=O)c1cncc(F)c1. The third-order valence-corrected chi connectivity index (χ3v) is 2.14. The molecule has 0 spiro atoms. The molecular weight excluding hydrogens is 227 g/mol. The summed E-state index contributed by atoms with van der Waals surface area (Å²) in [7, 11) is 0. The first kappa shape index (κ1) is 13.1. The van der Waals surface area contributed by atoms with Crippen molar-refractivity contribution in [2.75, 3.05) is 0 Å². The highest BCUT2D eigenvalue weighted by Crippen LogP contribution is 2.03. The molecule has 5 nitrogen and oxygen atoms in total. The highest BCUT2D eigenvalue weighted by molar-refractivity contribution is 5.94. The van der Waals surface area contributed by atoms with E-state index in [1.807, 2.05) is 0 Å². The zero-order valence-corrected chi connectivity index (χ0v) is 9.31. The van der Waals surface area contributed by atoms with Crippen LogP contribution < -0.4 is 5.32 Å². The molecule has 1 aromatic rings. The highest BCUT2D eigenvalue weighted by atomic mass is 19.1. The number of nitrogens with one attached hydrogen (secondary N) is 1. The molecule has 0 aromatic carbocycles. The van der Waals surface area contributed by atoms with Gasteiger partial charge in [-0.15, -0.1) is 0 Å². The number of carboxylic acid groups (broad SMARTS) is 1. The average molecular weight is 240 g/mol. The van der Waals surface area contributed by atoms with Gasteiger partial charge in [0.25, 0.3) is 5.91 Å². The predicted molar refractivity (Wildman–Crippen MR) is 58.0 cm³/mol. The van der Waals surface area contributed by atoms with Gasteiger partial charge in [0.15, 0.2) is 0 Å². The normalized spacial score (nSPS) is 11.9. The van der Waals surface area contributed by atoms with Crippen molar-refractivity contribution in [3.05, 3.63) is 29.8 Å². The van der Waals surface area contributed by atoms with Crippen molar-refractivity contribution in [1.82, 2.24) is 10.3 Å². The van der Waals surface area contributed by atoms with Crippen molar-refractivity contribution in [2.24, 2.45) is 0 Å². The number of carbonyl (C=O) groups is 2. The number of hydrogen-bond donors (Lipinski definition) is 2. The number of nitrogens with zero attached hydrogens (tertiary/aromatic N) is 1. The molecule has 1 heterocycles. The molecule has 6 heteroatoms. The second-order valence-electron chi connectivity index (χ2n) is 3.70. The van der Waals surface area contributed by atoms with E-state index in [-0.39, 0.29) is 18.0 Å². The molecule has 0 saturated heterocycles. The van der Waals surface area contributed by atoms with E-state index in [0.29, 0.717) is 6.42 Å². The average Bonchev–Trinajstić information content (AvgIpc) is 2.26. The van der Waals surface area contributed by atoms with Gasteiger partial charge in [-0.3, -0.25) is 14.6 Å². The maximum atomic E-state index is 12.8. The van der Waals surface area contributed by atoms with E-state index in [1.165, 1.54) is 6.20 Å². The number of aliphatic carboxylic acids is 1. The lowest BCUT2D eigenvalue weighted by Gasteiger charge is -2.12. The Kier molecular flexibility index (Phi) is 4.56. The molecule has 0 radical (unpaired) electrons. The van der Waals surface area contributed by atoms with Crippen molar-refractivity contribution < 1.29 is 19.1 Å². The van der Waals surface area contributed by atoms with Crippen LogP contribution in [-0.2, 0) is 4.79 Å². The fourth-order valence-electron chi connectivity index (χ4n) is 1.26. The summed E-state index contributed by atoms with van der Waals surface area (Å²) >= 11 is 0. The van der Waals surface area contributed by atoms with E-state index in [4.69, 9.17) is 5.11 Å². The predicted octanol–water partition coefficient (Wildman–Crippen LogP) is 1.20. The Morgan fingerprint density at radius 3 is 2.82 bits per heavy atom.